The van der Waals surface area contributed by atoms with E-state index in [0.717, 1.165) is 0 Å². The van der Waals surface area contributed by atoms with Gasteiger partial charge in [-0.1, -0.05) is 13.8 Å². The lowest BCUT2D eigenvalue weighted by Crippen LogP contribution is -2.39. The van der Waals surface area contributed by atoms with Gasteiger partial charge in [0.2, 0.25) is 0 Å². The molecular weight excluding hydrogens is 264 g/mol. The van der Waals surface area contributed by atoms with E-state index in [1.54, 1.807) is 20.2 Å². The molecule has 1 aromatic heterocycles. The Morgan fingerprint density at radius 3 is 2.47 bits per heavy atom. The maximum Gasteiger partial charge on any atom is 0.261 e. The summed E-state index contributed by atoms with van der Waals surface area (Å²) in [5.74, 6) is 0.701. The van der Waals surface area contributed by atoms with Crippen molar-refractivity contribution in [1.82, 2.24) is 13.9 Å². The highest BCUT2D eigenvalue weighted by molar-refractivity contribution is 7.89. The summed E-state index contributed by atoms with van der Waals surface area (Å²) < 4.78 is 28.0. The third-order valence-corrected chi connectivity index (χ3v) is 4.85. The van der Waals surface area contributed by atoms with Crippen molar-refractivity contribution in [2.45, 2.75) is 39.3 Å². The molecule has 0 aliphatic rings. The fourth-order valence-electron chi connectivity index (χ4n) is 1.84. The first kappa shape index (κ1) is 16.1. The summed E-state index contributed by atoms with van der Waals surface area (Å²) in [6, 6.07) is 0. The van der Waals surface area contributed by atoms with Crippen LogP contribution in [-0.2, 0) is 16.6 Å². The minimum absolute atomic E-state index is 0.0992. The number of hydrogen-bond donors (Lipinski definition) is 1. The molecule has 0 radical (unpaired) electrons. The lowest BCUT2D eigenvalue weighted by atomic mass is 9.94. The molecule has 2 N–H and O–H groups in total. The highest BCUT2D eigenvalue weighted by Crippen LogP contribution is 2.20. The first-order chi connectivity index (χ1) is 8.64. The van der Waals surface area contributed by atoms with Gasteiger partial charge < -0.3 is 10.3 Å². The molecule has 0 aliphatic carbocycles. The highest BCUT2D eigenvalue weighted by atomic mass is 32.2. The summed E-state index contributed by atoms with van der Waals surface area (Å²) in [6.07, 6.45) is 1.58. The number of rotatable bonds is 6. The van der Waals surface area contributed by atoms with Crippen LogP contribution in [0, 0.1) is 12.3 Å². The summed E-state index contributed by atoms with van der Waals surface area (Å²) >= 11 is 0. The minimum atomic E-state index is -3.55. The van der Waals surface area contributed by atoms with Gasteiger partial charge in [-0.05, 0) is 25.8 Å². The highest BCUT2D eigenvalue weighted by Gasteiger charge is 2.29. The Kier molecular flexibility index (Phi) is 4.76. The number of imidazole rings is 1. The molecular formula is C12H24N4O2S. The van der Waals surface area contributed by atoms with Crippen molar-refractivity contribution in [1.29, 1.82) is 0 Å². The van der Waals surface area contributed by atoms with Gasteiger partial charge in [0, 0.05) is 26.3 Å². The van der Waals surface area contributed by atoms with E-state index in [2.05, 4.69) is 4.98 Å². The van der Waals surface area contributed by atoms with Gasteiger partial charge in [0.05, 0.1) is 0 Å². The standard InChI is InChI=1S/C12H24N4O2S/c1-6-16-7-11(14-10(16)2)19(17,18)15(5)9-12(3,4)8-13/h7H,6,8-9,13H2,1-5H3. The van der Waals surface area contributed by atoms with Gasteiger partial charge in [0.1, 0.15) is 5.82 Å². The van der Waals surface area contributed by atoms with Gasteiger partial charge >= 0.3 is 0 Å². The molecule has 0 saturated carbocycles. The smallest absolute Gasteiger partial charge is 0.261 e. The van der Waals surface area contributed by atoms with Crippen LogP contribution in [0.15, 0.2) is 11.2 Å². The van der Waals surface area contributed by atoms with Crippen molar-refractivity contribution in [2.75, 3.05) is 20.1 Å². The normalized spacial score (nSPS) is 13.2. The number of aryl methyl sites for hydroxylation is 2. The molecule has 0 aliphatic heterocycles. The average Bonchev–Trinajstić information content (AvgIpc) is 2.70. The van der Waals surface area contributed by atoms with E-state index in [1.807, 2.05) is 25.3 Å². The fourth-order valence-corrected chi connectivity index (χ4v) is 3.18. The van der Waals surface area contributed by atoms with E-state index in [4.69, 9.17) is 5.73 Å². The summed E-state index contributed by atoms with van der Waals surface area (Å²) in [5.41, 5.74) is 5.39. The molecule has 0 aromatic carbocycles. The van der Waals surface area contributed by atoms with Gasteiger partial charge in [0.25, 0.3) is 10.0 Å². The molecule has 0 atom stereocenters. The van der Waals surface area contributed by atoms with Crippen LogP contribution < -0.4 is 5.73 Å². The monoisotopic (exact) mass is 288 g/mol. The van der Waals surface area contributed by atoms with Crippen LogP contribution >= 0.6 is 0 Å². The predicted octanol–water partition coefficient (Wildman–Crippen LogP) is 0.817. The van der Waals surface area contributed by atoms with Crippen molar-refractivity contribution in [3.8, 4) is 0 Å². The molecule has 0 unspecified atom stereocenters. The van der Waals surface area contributed by atoms with Crippen molar-refractivity contribution >= 4 is 10.0 Å². The van der Waals surface area contributed by atoms with Gasteiger partial charge in [-0.15, -0.1) is 0 Å². The van der Waals surface area contributed by atoms with Gasteiger partial charge in [-0.2, -0.15) is 4.31 Å². The molecule has 19 heavy (non-hydrogen) atoms. The lowest BCUT2D eigenvalue weighted by molar-refractivity contribution is 0.291. The van der Waals surface area contributed by atoms with E-state index >= 15 is 0 Å². The van der Waals surface area contributed by atoms with Crippen molar-refractivity contribution in [3.63, 3.8) is 0 Å². The minimum Gasteiger partial charge on any atom is -0.334 e. The SMILES string of the molecule is CCn1cc(S(=O)(=O)N(C)CC(C)(C)CN)nc1C. The van der Waals surface area contributed by atoms with Crippen LogP contribution in [0.3, 0.4) is 0 Å². The summed E-state index contributed by atoms with van der Waals surface area (Å²) in [6.45, 7) is 9.12. The molecule has 1 heterocycles. The predicted molar refractivity (Wildman–Crippen MR) is 75.3 cm³/mol. The number of hydrogen-bond acceptors (Lipinski definition) is 4. The summed E-state index contributed by atoms with van der Waals surface area (Å²) in [7, 11) is -1.99. The number of nitrogens with two attached hydrogens (primary N) is 1. The Labute approximate surface area is 115 Å². The zero-order valence-corrected chi connectivity index (χ0v) is 13.2. The Morgan fingerprint density at radius 1 is 1.47 bits per heavy atom. The van der Waals surface area contributed by atoms with Gasteiger partial charge in [-0.3, -0.25) is 0 Å². The first-order valence-corrected chi connectivity index (χ1v) is 7.78. The topological polar surface area (TPSA) is 81.2 Å². The van der Waals surface area contributed by atoms with Crippen LogP contribution in [-0.4, -0.2) is 42.4 Å². The van der Waals surface area contributed by atoms with E-state index in [0.29, 0.717) is 25.5 Å². The second kappa shape index (κ2) is 5.60. The van der Waals surface area contributed by atoms with Gasteiger partial charge in [0.15, 0.2) is 5.03 Å². The maximum atomic E-state index is 12.4. The molecule has 0 bridgehead atoms. The molecule has 0 amide bonds. The quantitative estimate of drug-likeness (QED) is 0.840. The lowest BCUT2D eigenvalue weighted by Gasteiger charge is -2.27. The molecule has 0 fully saturated rings. The van der Waals surface area contributed by atoms with Crippen LogP contribution in [0.25, 0.3) is 0 Å². The molecule has 0 saturated heterocycles. The second-order valence-electron chi connectivity index (χ2n) is 5.54. The van der Waals surface area contributed by atoms with E-state index in [-0.39, 0.29) is 10.4 Å². The average molecular weight is 288 g/mol. The zero-order chi connectivity index (χ0) is 14.8. The third-order valence-electron chi connectivity index (χ3n) is 3.17. The second-order valence-corrected chi connectivity index (χ2v) is 7.53. The maximum absolute atomic E-state index is 12.4. The molecule has 0 spiro atoms. The Bertz CT molecular complexity index is 534. The summed E-state index contributed by atoms with van der Waals surface area (Å²) in [5, 5.41) is 0.0992. The van der Waals surface area contributed by atoms with Crippen molar-refractivity contribution in [2.24, 2.45) is 11.1 Å². The largest absolute Gasteiger partial charge is 0.334 e. The molecule has 1 aromatic rings. The zero-order valence-electron chi connectivity index (χ0n) is 12.3. The number of aromatic nitrogens is 2. The van der Waals surface area contributed by atoms with Crippen molar-refractivity contribution < 1.29 is 8.42 Å². The fraction of sp³-hybridized carbons (Fsp3) is 0.750. The number of sulfonamides is 1. The summed E-state index contributed by atoms with van der Waals surface area (Å²) in [4.78, 5) is 4.13. The van der Waals surface area contributed by atoms with Gasteiger partial charge in [-0.25, -0.2) is 13.4 Å². The molecule has 110 valence electrons. The Morgan fingerprint density at radius 2 is 2.05 bits per heavy atom. The van der Waals surface area contributed by atoms with E-state index < -0.39 is 10.0 Å². The van der Waals surface area contributed by atoms with Crippen molar-refractivity contribution in [3.05, 3.63) is 12.0 Å². The van der Waals surface area contributed by atoms with Crippen LogP contribution in [0.2, 0.25) is 0 Å². The van der Waals surface area contributed by atoms with Crippen LogP contribution in [0.5, 0.6) is 0 Å². The molecule has 1 rings (SSSR count). The van der Waals surface area contributed by atoms with E-state index in [9.17, 15) is 8.42 Å². The molecule has 6 nitrogen and oxygen atoms in total. The first-order valence-electron chi connectivity index (χ1n) is 6.34. The van der Waals surface area contributed by atoms with E-state index in [1.165, 1.54) is 4.31 Å². The number of nitrogens with zero attached hydrogens (tertiary/aromatic N) is 3. The Hall–Kier alpha value is -0.920. The van der Waals surface area contributed by atoms with Crippen LogP contribution in [0.1, 0.15) is 26.6 Å². The van der Waals surface area contributed by atoms with Crippen LogP contribution in [0.4, 0.5) is 0 Å². The molecule has 7 heteroatoms. The Balaban J connectivity index is 3.03. The third kappa shape index (κ3) is 3.55.